The third-order valence-electron chi connectivity index (χ3n) is 3.14. The van der Waals surface area contributed by atoms with E-state index in [1.807, 2.05) is 0 Å². The number of phenols is 1. The largest absolute Gasteiger partial charge is 0.504 e. The molecule has 0 aromatic heterocycles. The average Bonchev–Trinajstić information content (AvgIpc) is 2.78. The van der Waals surface area contributed by atoms with Crippen molar-refractivity contribution in [3.05, 3.63) is 28.7 Å². The molecule has 1 N–H and O–H groups in total. The summed E-state index contributed by atoms with van der Waals surface area (Å²) in [6, 6.07) is 4.86. The number of benzene rings is 1. The third-order valence-corrected chi connectivity index (χ3v) is 4.05. The Balaban J connectivity index is 2.20. The second-order valence-electron chi connectivity index (χ2n) is 5.43. The van der Waals surface area contributed by atoms with Crippen LogP contribution in [-0.2, 0) is 14.3 Å². The summed E-state index contributed by atoms with van der Waals surface area (Å²) < 4.78 is 10.2. The number of para-hydroxylation sites is 1. The van der Waals surface area contributed by atoms with E-state index in [9.17, 15) is 19.5 Å². The fraction of sp³-hybridized carbons (Fsp3) is 0.353. The van der Waals surface area contributed by atoms with Gasteiger partial charge in [-0.25, -0.2) is 0 Å². The van der Waals surface area contributed by atoms with Crippen molar-refractivity contribution in [1.29, 1.82) is 0 Å². The van der Waals surface area contributed by atoms with E-state index in [0.717, 1.165) is 4.90 Å². The molecule has 0 radical (unpaired) electrons. The number of hydrogen-bond acceptors (Lipinski definition) is 7. The minimum Gasteiger partial charge on any atom is -0.504 e. The highest BCUT2D eigenvalue weighted by Gasteiger charge is 2.37. The van der Waals surface area contributed by atoms with Crippen molar-refractivity contribution in [2.45, 2.75) is 26.9 Å². The van der Waals surface area contributed by atoms with Gasteiger partial charge in [-0.1, -0.05) is 12.1 Å². The van der Waals surface area contributed by atoms with Crippen molar-refractivity contribution in [2.75, 3.05) is 13.2 Å². The lowest BCUT2D eigenvalue weighted by Gasteiger charge is -2.13. The molecule has 0 aliphatic carbocycles. The summed E-state index contributed by atoms with van der Waals surface area (Å²) in [5.74, 6) is -1.08. The zero-order valence-electron chi connectivity index (χ0n) is 14.1. The number of phenolic OH excluding ortho intramolecular Hbond substituents is 1. The van der Waals surface area contributed by atoms with Crippen LogP contribution in [0.2, 0.25) is 0 Å². The number of thioether (sulfide) groups is 1. The molecule has 1 aromatic carbocycles. The smallest absolute Gasteiger partial charge is 0.326 e. The Kier molecular flexibility index (Phi) is 6.08. The van der Waals surface area contributed by atoms with Gasteiger partial charge in [0, 0.05) is 5.56 Å². The van der Waals surface area contributed by atoms with E-state index >= 15 is 0 Å². The number of aromatic hydroxyl groups is 1. The second kappa shape index (κ2) is 8.06. The first kappa shape index (κ1) is 18.9. The highest BCUT2D eigenvalue weighted by Crippen LogP contribution is 2.36. The fourth-order valence-corrected chi connectivity index (χ4v) is 2.96. The van der Waals surface area contributed by atoms with Gasteiger partial charge in [0.1, 0.15) is 6.54 Å². The van der Waals surface area contributed by atoms with E-state index in [-0.39, 0.29) is 22.5 Å². The predicted octanol–water partition coefficient (Wildman–Crippen LogP) is 2.78. The SMILES string of the molecule is CCOc1cccc(/C=C2/SC(=O)N(CC(=O)OC(C)C)C2=O)c1O. The number of rotatable bonds is 6. The van der Waals surface area contributed by atoms with E-state index in [2.05, 4.69) is 0 Å². The highest BCUT2D eigenvalue weighted by atomic mass is 32.2. The molecule has 1 heterocycles. The van der Waals surface area contributed by atoms with Crippen LogP contribution in [0.15, 0.2) is 23.1 Å². The summed E-state index contributed by atoms with van der Waals surface area (Å²) in [6.07, 6.45) is 1.07. The molecule has 0 spiro atoms. The number of imide groups is 1. The van der Waals surface area contributed by atoms with Gasteiger partial charge in [0.2, 0.25) is 0 Å². The second-order valence-corrected chi connectivity index (χ2v) is 6.43. The molecular formula is C17H19NO6S. The molecule has 1 saturated heterocycles. The summed E-state index contributed by atoms with van der Waals surface area (Å²) in [5, 5.41) is 9.62. The fourth-order valence-electron chi connectivity index (χ4n) is 2.13. The van der Waals surface area contributed by atoms with Gasteiger partial charge in [-0.05, 0) is 44.7 Å². The van der Waals surface area contributed by atoms with Crippen LogP contribution in [0.25, 0.3) is 6.08 Å². The van der Waals surface area contributed by atoms with Crippen molar-refractivity contribution in [1.82, 2.24) is 4.90 Å². The van der Waals surface area contributed by atoms with Crippen LogP contribution in [0.3, 0.4) is 0 Å². The Morgan fingerprint density at radius 2 is 2.08 bits per heavy atom. The molecule has 1 aliphatic rings. The first-order valence-electron chi connectivity index (χ1n) is 7.73. The van der Waals surface area contributed by atoms with Crippen LogP contribution in [0.4, 0.5) is 4.79 Å². The molecule has 1 aromatic rings. The van der Waals surface area contributed by atoms with Crippen LogP contribution in [0.1, 0.15) is 26.3 Å². The topological polar surface area (TPSA) is 93.1 Å². The summed E-state index contributed by atoms with van der Waals surface area (Å²) in [4.78, 5) is 37.0. The third kappa shape index (κ3) is 4.54. The highest BCUT2D eigenvalue weighted by molar-refractivity contribution is 8.18. The Hall–Kier alpha value is -2.48. The van der Waals surface area contributed by atoms with E-state index < -0.39 is 23.7 Å². The lowest BCUT2D eigenvalue weighted by atomic mass is 10.1. The van der Waals surface area contributed by atoms with E-state index in [1.54, 1.807) is 39.0 Å². The maximum atomic E-state index is 12.4. The molecule has 0 unspecified atom stereocenters. The summed E-state index contributed by atoms with van der Waals surface area (Å²) >= 11 is 0.704. The van der Waals surface area contributed by atoms with Crippen molar-refractivity contribution in [3.63, 3.8) is 0 Å². The minimum absolute atomic E-state index is 0.115. The Morgan fingerprint density at radius 1 is 1.36 bits per heavy atom. The van der Waals surface area contributed by atoms with E-state index in [1.165, 1.54) is 6.08 Å². The molecule has 8 heteroatoms. The van der Waals surface area contributed by atoms with Crippen molar-refractivity contribution < 1.29 is 29.0 Å². The van der Waals surface area contributed by atoms with E-state index in [4.69, 9.17) is 9.47 Å². The molecule has 7 nitrogen and oxygen atoms in total. The zero-order valence-corrected chi connectivity index (χ0v) is 15.0. The molecule has 2 rings (SSSR count). The lowest BCUT2D eigenvalue weighted by Crippen LogP contribution is -2.35. The van der Waals surface area contributed by atoms with Gasteiger partial charge in [-0.2, -0.15) is 0 Å². The average molecular weight is 365 g/mol. The van der Waals surface area contributed by atoms with Gasteiger partial charge in [0.15, 0.2) is 11.5 Å². The van der Waals surface area contributed by atoms with Gasteiger partial charge in [0.25, 0.3) is 11.1 Å². The van der Waals surface area contributed by atoms with Crippen molar-refractivity contribution in [3.8, 4) is 11.5 Å². The number of ether oxygens (including phenoxy) is 2. The standard InChI is InChI=1S/C17H19NO6S/c1-4-23-12-7-5-6-11(15(12)20)8-13-16(21)18(17(22)25-13)9-14(19)24-10(2)3/h5-8,10,20H,4,9H2,1-3H3/b13-8+. The minimum atomic E-state index is -0.653. The van der Waals surface area contributed by atoms with Crippen LogP contribution in [-0.4, -0.2) is 46.4 Å². The molecule has 1 aliphatic heterocycles. The molecule has 0 saturated carbocycles. The quantitative estimate of drug-likeness (QED) is 0.612. The first-order chi connectivity index (χ1) is 11.8. The van der Waals surface area contributed by atoms with Crippen LogP contribution in [0, 0.1) is 0 Å². The van der Waals surface area contributed by atoms with Crippen LogP contribution < -0.4 is 4.74 Å². The molecule has 2 amide bonds. The molecule has 25 heavy (non-hydrogen) atoms. The molecular weight excluding hydrogens is 346 g/mol. The number of hydrogen-bond donors (Lipinski definition) is 1. The number of amides is 2. The predicted molar refractivity (Wildman–Crippen MR) is 93.2 cm³/mol. The van der Waals surface area contributed by atoms with Gasteiger partial charge < -0.3 is 14.6 Å². The number of nitrogens with zero attached hydrogens (tertiary/aromatic N) is 1. The summed E-state index contributed by atoms with van der Waals surface area (Å²) in [5.41, 5.74) is 0.348. The van der Waals surface area contributed by atoms with Crippen LogP contribution >= 0.6 is 11.8 Å². The van der Waals surface area contributed by atoms with Crippen LogP contribution in [0.5, 0.6) is 11.5 Å². The van der Waals surface area contributed by atoms with E-state index in [0.29, 0.717) is 23.9 Å². The number of esters is 1. The number of carbonyl (C=O) groups excluding carboxylic acids is 3. The van der Waals surface area contributed by atoms with Crippen molar-refractivity contribution >= 4 is 35.0 Å². The number of carbonyl (C=O) groups is 3. The summed E-state index contributed by atoms with van der Waals surface area (Å²) in [6.45, 7) is 5.09. The molecule has 1 fully saturated rings. The lowest BCUT2D eigenvalue weighted by molar-refractivity contribution is -0.149. The molecule has 134 valence electrons. The Labute approximate surface area is 149 Å². The summed E-state index contributed by atoms with van der Waals surface area (Å²) in [7, 11) is 0. The van der Waals surface area contributed by atoms with Gasteiger partial charge >= 0.3 is 5.97 Å². The maximum absolute atomic E-state index is 12.4. The van der Waals surface area contributed by atoms with Gasteiger partial charge in [-0.3, -0.25) is 19.3 Å². The molecule has 0 atom stereocenters. The first-order valence-corrected chi connectivity index (χ1v) is 8.54. The normalized spacial score (nSPS) is 16.0. The van der Waals surface area contributed by atoms with Gasteiger partial charge in [-0.15, -0.1) is 0 Å². The molecule has 0 bridgehead atoms. The monoisotopic (exact) mass is 365 g/mol. The van der Waals surface area contributed by atoms with Gasteiger partial charge in [0.05, 0.1) is 17.6 Å². The zero-order chi connectivity index (χ0) is 18.6. The van der Waals surface area contributed by atoms with Crippen molar-refractivity contribution in [2.24, 2.45) is 0 Å². The Morgan fingerprint density at radius 3 is 2.72 bits per heavy atom. The Bertz CT molecular complexity index is 728. The maximum Gasteiger partial charge on any atom is 0.326 e.